The third kappa shape index (κ3) is 3.49. The van der Waals surface area contributed by atoms with Crippen LogP contribution in [0.5, 0.6) is 11.5 Å². The van der Waals surface area contributed by atoms with Gasteiger partial charge in [0.2, 0.25) is 0 Å². The van der Waals surface area contributed by atoms with Gasteiger partial charge in [-0.15, -0.1) is 0 Å². The zero-order valence-corrected chi connectivity index (χ0v) is 11.7. The highest BCUT2D eigenvalue weighted by atomic mass is 16.6. The van der Waals surface area contributed by atoms with E-state index < -0.39 is 17.8 Å². The van der Waals surface area contributed by atoms with Crippen LogP contribution in [-0.4, -0.2) is 17.8 Å². The number of nitrogens with two attached hydrogens (primary N) is 1. The Hall–Kier alpha value is -3.15. The number of carbonyl (C=O) groups is 3. The van der Waals surface area contributed by atoms with E-state index in [0.29, 0.717) is 0 Å². The predicted molar refractivity (Wildman–Crippen MR) is 77.7 cm³/mol. The van der Waals surface area contributed by atoms with Gasteiger partial charge in [0.25, 0.3) is 5.91 Å². The molecule has 0 spiro atoms. The van der Waals surface area contributed by atoms with Crippen LogP contribution in [0.1, 0.15) is 27.6 Å². The topological polar surface area (TPSA) is 95.7 Å². The Bertz CT molecular complexity index is 725. The molecule has 2 N–H and O–H groups in total. The summed E-state index contributed by atoms with van der Waals surface area (Å²) in [5.74, 6) is -2.33. The molecule has 0 aliphatic rings. The van der Waals surface area contributed by atoms with Crippen molar-refractivity contribution in [2.45, 2.75) is 6.92 Å². The maximum atomic E-state index is 12.1. The summed E-state index contributed by atoms with van der Waals surface area (Å²) in [5.41, 5.74) is 5.49. The van der Waals surface area contributed by atoms with E-state index in [4.69, 9.17) is 15.2 Å². The summed E-state index contributed by atoms with van der Waals surface area (Å²) in [4.78, 5) is 34.7. The van der Waals surface area contributed by atoms with Crippen LogP contribution in [-0.2, 0) is 4.79 Å². The molecule has 2 aromatic rings. The number of hydrogen-bond acceptors (Lipinski definition) is 5. The third-order valence-corrected chi connectivity index (χ3v) is 2.70. The van der Waals surface area contributed by atoms with Crippen LogP contribution in [0, 0.1) is 0 Å². The van der Waals surface area contributed by atoms with E-state index in [1.165, 1.54) is 25.1 Å². The Kier molecular flexibility index (Phi) is 4.53. The number of hydrogen-bond donors (Lipinski definition) is 1. The Morgan fingerprint density at radius 1 is 0.909 bits per heavy atom. The molecule has 2 aromatic carbocycles. The summed E-state index contributed by atoms with van der Waals surface area (Å²) in [7, 11) is 0. The molecule has 1 amide bonds. The molecule has 0 aliphatic heterocycles. The molecule has 0 atom stereocenters. The van der Waals surface area contributed by atoms with Crippen molar-refractivity contribution in [3.8, 4) is 11.5 Å². The normalized spacial score (nSPS) is 9.86. The second-order valence-corrected chi connectivity index (χ2v) is 4.35. The van der Waals surface area contributed by atoms with E-state index in [-0.39, 0.29) is 22.6 Å². The standard InChI is InChI=1S/C16H13NO5/c1-10(18)21-13-9-5-8-12(15(17)19)14(13)22-16(20)11-6-3-2-4-7-11/h2-9H,1H3,(H2,17,19). The van der Waals surface area contributed by atoms with Gasteiger partial charge < -0.3 is 15.2 Å². The van der Waals surface area contributed by atoms with Crippen LogP contribution in [0.3, 0.4) is 0 Å². The molecule has 0 heterocycles. The number of primary amides is 1. The molecule has 0 radical (unpaired) electrons. The van der Waals surface area contributed by atoms with Gasteiger partial charge in [-0.3, -0.25) is 9.59 Å². The minimum absolute atomic E-state index is 0.0481. The van der Waals surface area contributed by atoms with Gasteiger partial charge in [-0.05, 0) is 24.3 Å². The van der Waals surface area contributed by atoms with Crippen molar-refractivity contribution in [3.63, 3.8) is 0 Å². The zero-order valence-electron chi connectivity index (χ0n) is 11.7. The summed E-state index contributed by atoms with van der Waals surface area (Å²) in [5, 5.41) is 0. The quantitative estimate of drug-likeness (QED) is 0.687. The third-order valence-electron chi connectivity index (χ3n) is 2.70. The molecule has 0 aliphatic carbocycles. The smallest absolute Gasteiger partial charge is 0.343 e. The van der Waals surface area contributed by atoms with Crippen molar-refractivity contribution in [2.24, 2.45) is 5.73 Å². The highest BCUT2D eigenvalue weighted by molar-refractivity contribution is 5.99. The van der Waals surface area contributed by atoms with E-state index in [9.17, 15) is 14.4 Å². The highest BCUT2D eigenvalue weighted by Crippen LogP contribution is 2.32. The van der Waals surface area contributed by atoms with Gasteiger partial charge >= 0.3 is 11.9 Å². The zero-order chi connectivity index (χ0) is 16.1. The van der Waals surface area contributed by atoms with Gasteiger partial charge in [0.05, 0.1) is 11.1 Å². The van der Waals surface area contributed by atoms with Crippen molar-refractivity contribution in [3.05, 3.63) is 59.7 Å². The first-order chi connectivity index (χ1) is 10.5. The van der Waals surface area contributed by atoms with E-state index in [1.54, 1.807) is 30.3 Å². The monoisotopic (exact) mass is 299 g/mol. The van der Waals surface area contributed by atoms with Crippen molar-refractivity contribution >= 4 is 17.8 Å². The van der Waals surface area contributed by atoms with Crippen molar-refractivity contribution in [1.82, 2.24) is 0 Å². The van der Waals surface area contributed by atoms with Crippen molar-refractivity contribution in [1.29, 1.82) is 0 Å². The SMILES string of the molecule is CC(=O)Oc1cccc(C(N)=O)c1OC(=O)c1ccccc1. The molecule has 6 heteroatoms. The number of para-hydroxylation sites is 1. The highest BCUT2D eigenvalue weighted by Gasteiger charge is 2.20. The van der Waals surface area contributed by atoms with E-state index in [2.05, 4.69) is 0 Å². The fraction of sp³-hybridized carbons (Fsp3) is 0.0625. The minimum atomic E-state index is -0.801. The van der Waals surface area contributed by atoms with Gasteiger partial charge in [-0.25, -0.2) is 4.79 Å². The maximum absolute atomic E-state index is 12.1. The van der Waals surface area contributed by atoms with Crippen LogP contribution in [0.25, 0.3) is 0 Å². The number of benzene rings is 2. The molecule has 2 rings (SSSR count). The molecular formula is C16H13NO5. The Labute approximate surface area is 126 Å². The van der Waals surface area contributed by atoms with E-state index >= 15 is 0 Å². The van der Waals surface area contributed by atoms with Gasteiger partial charge in [0.15, 0.2) is 11.5 Å². The summed E-state index contributed by atoms with van der Waals surface area (Å²) in [6.45, 7) is 1.19. The molecule has 0 saturated heterocycles. The first-order valence-electron chi connectivity index (χ1n) is 6.37. The molecular weight excluding hydrogens is 286 g/mol. The molecule has 6 nitrogen and oxygen atoms in total. The number of carbonyl (C=O) groups excluding carboxylic acids is 3. The minimum Gasteiger partial charge on any atom is -0.423 e. The number of rotatable bonds is 4. The maximum Gasteiger partial charge on any atom is 0.343 e. The van der Waals surface area contributed by atoms with Crippen LogP contribution in [0.15, 0.2) is 48.5 Å². The summed E-state index contributed by atoms with van der Waals surface area (Å²) in [6, 6.07) is 12.5. The Morgan fingerprint density at radius 3 is 2.18 bits per heavy atom. The lowest BCUT2D eigenvalue weighted by atomic mass is 10.1. The molecule has 0 aromatic heterocycles. The Morgan fingerprint density at radius 2 is 1.59 bits per heavy atom. The van der Waals surface area contributed by atoms with Gasteiger partial charge in [-0.2, -0.15) is 0 Å². The summed E-state index contributed by atoms with van der Waals surface area (Å²) < 4.78 is 10.2. The summed E-state index contributed by atoms with van der Waals surface area (Å²) >= 11 is 0. The molecule has 0 unspecified atom stereocenters. The number of esters is 2. The Balaban J connectivity index is 2.41. The number of amides is 1. The lowest BCUT2D eigenvalue weighted by Gasteiger charge is -2.12. The molecule has 0 bridgehead atoms. The first-order valence-corrected chi connectivity index (χ1v) is 6.37. The largest absolute Gasteiger partial charge is 0.423 e. The van der Waals surface area contributed by atoms with Crippen LogP contribution in [0.2, 0.25) is 0 Å². The predicted octanol–water partition coefficient (Wildman–Crippen LogP) is 1.93. The second kappa shape index (κ2) is 6.53. The van der Waals surface area contributed by atoms with E-state index in [0.717, 1.165) is 0 Å². The lowest BCUT2D eigenvalue weighted by Crippen LogP contribution is -2.17. The molecule has 112 valence electrons. The number of ether oxygens (including phenoxy) is 2. The van der Waals surface area contributed by atoms with Crippen LogP contribution >= 0.6 is 0 Å². The molecule has 0 fully saturated rings. The molecule has 22 heavy (non-hydrogen) atoms. The lowest BCUT2D eigenvalue weighted by molar-refractivity contribution is -0.132. The van der Waals surface area contributed by atoms with Crippen LogP contribution in [0.4, 0.5) is 0 Å². The van der Waals surface area contributed by atoms with Crippen molar-refractivity contribution < 1.29 is 23.9 Å². The fourth-order valence-electron chi connectivity index (χ4n) is 1.78. The van der Waals surface area contributed by atoms with E-state index in [1.807, 2.05) is 0 Å². The van der Waals surface area contributed by atoms with Crippen LogP contribution < -0.4 is 15.2 Å². The average Bonchev–Trinajstić information content (AvgIpc) is 2.49. The second-order valence-electron chi connectivity index (χ2n) is 4.35. The fourth-order valence-corrected chi connectivity index (χ4v) is 1.78. The molecule has 0 saturated carbocycles. The summed E-state index contributed by atoms with van der Waals surface area (Å²) in [6.07, 6.45) is 0. The van der Waals surface area contributed by atoms with Crippen molar-refractivity contribution in [2.75, 3.05) is 0 Å². The van der Waals surface area contributed by atoms with Gasteiger partial charge in [-0.1, -0.05) is 24.3 Å². The average molecular weight is 299 g/mol. The van der Waals surface area contributed by atoms with Gasteiger partial charge in [0.1, 0.15) is 0 Å². The first kappa shape index (κ1) is 15.2. The van der Waals surface area contributed by atoms with Gasteiger partial charge in [0, 0.05) is 6.92 Å².